The van der Waals surface area contributed by atoms with E-state index >= 15 is 0 Å². The van der Waals surface area contributed by atoms with Crippen LogP contribution < -0.4 is 10.9 Å². The number of amides is 1. The van der Waals surface area contributed by atoms with Crippen molar-refractivity contribution in [3.8, 4) is 11.1 Å². The van der Waals surface area contributed by atoms with Crippen LogP contribution in [0.15, 0.2) is 53.5 Å². The fourth-order valence-electron chi connectivity index (χ4n) is 2.35. The average molecular weight is 295 g/mol. The Balaban J connectivity index is 2.29. The molecular weight excluding hydrogens is 282 g/mol. The predicted molar refractivity (Wildman–Crippen MR) is 82.0 cm³/mol. The first-order valence-electron chi connectivity index (χ1n) is 6.64. The van der Waals surface area contributed by atoms with Gasteiger partial charge in [0.05, 0.1) is 0 Å². The van der Waals surface area contributed by atoms with Crippen molar-refractivity contribution in [3.05, 3.63) is 64.6 Å². The second-order valence-corrected chi connectivity index (χ2v) is 4.74. The summed E-state index contributed by atoms with van der Waals surface area (Å²) < 4.78 is 0.515. The Bertz CT molecular complexity index is 931. The van der Waals surface area contributed by atoms with Gasteiger partial charge in [0.1, 0.15) is 0 Å². The molecule has 110 valence electrons. The summed E-state index contributed by atoms with van der Waals surface area (Å²) >= 11 is 0. The number of hydrogen-bond acceptors (Lipinski definition) is 4. The van der Waals surface area contributed by atoms with Gasteiger partial charge in [0.15, 0.2) is 5.65 Å². The van der Waals surface area contributed by atoms with Crippen LogP contribution in [0.4, 0.5) is 0 Å². The topological polar surface area (TPSA) is 84.2 Å². The molecule has 0 atom stereocenters. The summed E-state index contributed by atoms with van der Waals surface area (Å²) in [5.74, 6) is -0.209. The number of rotatable bonds is 2. The van der Waals surface area contributed by atoms with Crippen molar-refractivity contribution in [3.63, 3.8) is 0 Å². The van der Waals surface area contributed by atoms with E-state index in [-0.39, 0.29) is 11.6 Å². The van der Waals surface area contributed by atoms with Crippen LogP contribution in [0.2, 0.25) is 0 Å². The molecule has 0 radical (unpaired) electrons. The van der Waals surface area contributed by atoms with Crippen LogP contribution in [0, 0.1) is 0 Å². The lowest BCUT2D eigenvalue weighted by Gasteiger charge is -2.09. The number of carbonyl (C=O) groups is 1. The highest BCUT2D eigenvalue weighted by atomic mass is 16.5. The normalized spacial score (nSPS) is 10.6. The van der Waals surface area contributed by atoms with Crippen molar-refractivity contribution in [1.29, 1.82) is 0 Å². The Morgan fingerprint density at radius 1 is 1.23 bits per heavy atom. The number of aromatic nitrogens is 2. The van der Waals surface area contributed by atoms with Crippen LogP contribution >= 0.6 is 0 Å². The molecule has 2 heterocycles. The molecule has 6 nitrogen and oxygen atoms in total. The number of fused-ring (bicyclic) bond motifs is 1. The van der Waals surface area contributed by atoms with Gasteiger partial charge in [-0.2, -0.15) is 0 Å². The molecule has 0 fully saturated rings. The lowest BCUT2D eigenvalue weighted by molar-refractivity contribution is 0.0963. The van der Waals surface area contributed by atoms with E-state index in [2.05, 4.69) is 10.3 Å². The second-order valence-electron chi connectivity index (χ2n) is 4.74. The van der Waals surface area contributed by atoms with Crippen LogP contribution in [0.3, 0.4) is 0 Å². The number of pyridine rings is 2. The number of hydrogen-bond donors (Lipinski definition) is 2. The van der Waals surface area contributed by atoms with Gasteiger partial charge in [0.2, 0.25) is 0 Å². The van der Waals surface area contributed by atoms with Crippen LogP contribution in [-0.4, -0.2) is 27.9 Å². The van der Waals surface area contributed by atoms with Gasteiger partial charge in [-0.25, -0.2) is 4.98 Å². The van der Waals surface area contributed by atoms with Crippen molar-refractivity contribution in [2.75, 3.05) is 7.05 Å². The van der Waals surface area contributed by atoms with E-state index in [1.807, 2.05) is 0 Å². The molecule has 3 aromatic rings. The van der Waals surface area contributed by atoms with Crippen molar-refractivity contribution in [1.82, 2.24) is 15.0 Å². The Morgan fingerprint density at radius 3 is 2.82 bits per heavy atom. The van der Waals surface area contributed by atoms with E-state index in [4.69, 9.17) is 0 Å². The molecule has 0 saturated heterocycles. The SMILES string of the molecule is CNC(=O)c1cccc(-c2cc(=O)n(O)c3ncccc23)c1. The van der Waals surface area contributed by atoms with Crippen LogP contribution in [0.1, 0.15) is 10.4 Å². The average Bonchev–Trinajstić information content (AvgIpc) is 2.57. The molecule has 2 aromatic heterocycles. The monoisotopic (exact) mass is 295 g/mol. The third-order valence-corrected chi connectivity index (χ3v) is 3.42. The fraction of sp³-hybridized carbons (Fsp3) is 0.0625. The van der Waals surface area contributed by atoms with Gasteiger partial charge in [-0.3, -0.25) is 9.59 Å². The van der Waals surface area contributed by atoms with Crippen LogP contribution in [0.25, 0.3) is 22.2 Å². The van der Waals surface area contributed by atoms with E-state index in [0.717, 1.165) is 0 Å². The molecule has 0 spiro atoms. The van der Waals surface area contributed by atoms with Gasteiger partial charge >= 0.3 is 0 Å². The van der Waals surface area contributed by atoms with Gasteiger partial charge in [0, 0.05) is 30.3 Å². The maximum atomic E-state index is 11.9. The van der Waals surface area contributed by atoms with Crippen LogP contribution in [-0.2, 0) is 0 Å². The van der Waals surface area contributed by atoms with Gasteiger partial charge < -0.3 is 10.5 Å². The van der Waals surface area contributed by atoms with Gasteiger partial charge in [-0.15, -0.1) is 4.73 Å². The highest BCUT2D eigenvalue weighted by Gasteiger charge is 2.12. The first kappa shape index (κ1) is 13.8. The predicted octanol–water partition coefficient (Wildman–Crippen LogP) is 1.66. The first-order valence-corrected chi connectivity index (χ1v) is 6.64. The summed E-state index contributed by atoms with van der Waals surface area (Å²) in [7, 11) is 1.56. The summed E-state index contributed by atoms with van der Waals surface area (Å²) in [6, 6.07) is 11.7. The van der Waals surface area contributed by atoms with Crippen molar-refractivity contribution >= 4 is 16.9 Å². The number of nitrogens with one attached hydrogen (secondary N) is 1. The maximum Gasteiger partial charge on any atom is 0.285 e. The second kappa shape index (κ2) is 5.33. The summed E-state index contributed by atoms with van der Waals surface area (Å²) in [5, 5.41) is 13.0. The Hall–Kier alpha value is -3.15. The van der Waals surface area contributed by atoms with Crippen molar-refractivity contribution in [2.45, 2.75) is 0 Å². The zero-order valence-corrected chi connectivity index (χ0v) is 11.8. The molecule has 0 saturated carbocycles. The Kier molecular flexibility index (Phi) is 3.34. The number of benzene rings is 1. The third-order valence-electron chi connectivity index (χ3n) is 3.42. The minimum absolute atomic E-state index is 0.176. The molecule has 0 aliphatic heterocycles. The lowest BCUT2D eigenvalue weighted by Crippen LogP contribution is -2.19. The molecule has 0 unspecified atom stereocenters. The quantitative estimate of drug-likeness (QED) is 0.704. The van der Waals surface area contributed by atoms with Crippen LogP contribution in [0.5, 0.6) is 0 Å². The fourth-order valence-corrected chi connectivity index (χ4v) is 2.35. The number of carbonyl (C=O) groups excluding carboxylic acids is 1. The van der Waals surface area contributed by atoms with Gasteiger partial charge in [-0.1, -0.05) is 12.1 Å². The van der Waals surface area contributed by atoms with E-state index in [1.54, 1.807) is 43.4 Å². The molecule has 0 bridgehead atoms. The Morgan fingerprint density at radius 2 is 2.05 bits per heavy atom. The van der Waals surface area contributed by atoms with Gasteiger partial charge in [0.25, 0.3) is 11.5 Å². The molecular formula is C16H13N3O3. The van der Waals surface area contributed by atoms with Crippen molar-refractivity contribution in [2.24, 2.45) is 0 Å². The maximum absolute atomic E-state index is 11.9. The third kappa shape index (κ3) is 2.20. The van der Waals surface area contributed by atoms with Crippen molar-refractivity contribution < 1.29 is 10.0 Å². The molecule has 1 aromatic carbocycles. The Labute approximate surface area is 125 Å². The van der Waals surface area contributed by atoms with E-state index in [9.17, 15) is 14.8 Å². The zero-order chi connectivity index (χ0) is 15.7. The standard InChI is InChI=1S/C16H13N3O3/c1-17-16(21)11-5-2-4-10(8-11)13-9-14(20)19(22)15-12(13)6-3-7-18-15/h2-9,22H,1H3,(H,17,21). The summed E-state index contributed by atoms with van der Waals surface area (Å²) in [6.07, 6.45) is 1.50. The number of nitrogens with zero attached hydrogens (tertiary/aromatic N) is 2. The molecule has 22 heavy (non-hydrogen) atoms. The molecule has 1 amide bonds. The molecule has 0 aliphatic carbocycles. The summed E-state index contributed by atoms with van der Waals surface area (Å²) in [5.41, 5.74) is 1.41. The molecule has 2 N–H and O–H groups in total. The summed E-state index contributed by atoms with van der Waals surface area (Å²) in [4.78, 5) is 27.7. The molecule has 3 rings (SSSR count). The summed E-state index contributed by atoms with van der Waals surface area (Å²) in [6.45, 7) is 0. The first-order chi connectivity index (χ1) is 10.6. The van der Waals surface area contributed by atoms with Gasteiger partial charge in [-0.05, 0) is 35.4 Å². The van der Waals surface area contributed by atoms with E-state index < -0.39 is 5.56 Å². The largest absolute Gasteiger partial charge is 0.423 e. The molecule has 0 aliphatic rings. The molecule has 6 heteroatoms. The smallest absolute Gasteiger partial charge is 0.285 e. The highest BCUT2D eigenvalue weighted by Crippen LogP contribution is 2.26. The minimum atomic E-state index is -0.577. The van der Waals surface area contributed by atoms with E-state index in [1.165, 1.54) is 12.3 Å². The zero-order valence-electron chi connectivity index (χ0n) is 11.8. The minimum Gasteiger partial charge on any atom is -0.423 e. The highest BCUT2D eigenvalue weighted by molar-refractivity contribution is 5.97. The lowest BCUT2D eigenvalue weighted by atomic mass is 10.0. The van der Waals surface area contributed by atoms with E-state index in [0.29, 0.717) is 26.8 Å².